The first-order valence-corrected chi connectivity index (χ1v) is 8.85. The molecule has 0 aliphatic carbocycles. The molecule has 0 bridgehead atoms. The second-order valence-electron chi connectivity index (χ2n) is 6.80. The zero-order valence-electron chi connectivity index (χ0n) is 15.8. The summed E-state index contributed by atoms with van der Waals surface area (Å²) in [5.74, 6) is -0.688. The number of anilines is 2. The number of nitrogens with one attached hydrogen (secondary N) is 1. The number of carbonyl (C=O) groups excluding carboxylic acids is 2. The SMILES string of the molecule is CN(C)C(=O)c1ccc(Nc2nn([C@@H]3COCC[C@H]3C#N)cc2C(N)=O)cc1. The van der Waals surface area contributed by atoms with Gasteiger partial charge in [0.2, 0.25) is 0 Å². The summed E-state index contributed by atoms with van der Waals surface area (Å²) in [4.78, 5) is 25.3. The smallest absolute Gasteiger partial charge is 0.254 e. The second kappa shape index (κ2) is 8.10. The third kappa shape index (κ3) is 3.97. The summed E-state index contributed by atoms with van der Waals surface area (Å²) in [5.41, 5.74) is 6.92. The lowest BCUT2D eigenvalue weighted by Crippen LogP contribution is -2.29. The van der Waals surface area contributed by atoms with Gasteiger partial charge in [-0.15, -0.1) is 0 Å². The average molecular weight is 382 g/mol. The van der Waals surface area contributed by atoms with E-state index in [2.05, 4.69) is 16.5 Å². The molecule has 2 aromatic rings. The van der Waals surface area contributed by atoms with Crippen LogP contribution in [0.4, 0.5) is 11.5 Å². The topological polar surface area (TPSA) is 126 Å². The summed E-state index contributed by atoms with van der Waals surface area (Å²) >= 11 is 0. The van der Waals surface area contributed by atoms with E-state index >= 15 is 0 Å². The van der Waals surface area contributed by atoms with Crippen molar-refractivity contribution < 1.29 is 14.3 Å². The first-order chi connectivity index (χ1) is 13.4. The van der Waals surface area contributed by atoms with Crippen LogP contribution < -0.4 is 11.1 Å². The van der Waals surface area contributed by atoms with Gasteiger partial charge in [0.15, 0.2) is 5.82 Å². The molecule has 0 radical (unpaired) electrons. The maximum Gasteiger partial charge on any atom is 0.254 e. The molecule has 1 aliphatic heterocycles. The summed E-state index contributed by atoms with van der Waals surface area (Å²) in [6, 6.07) is 8.81. The van der Waals surface area contributed by atoms with Gasteiger partial charge in [-0.3, -0.25) is 14.3 Å². The van der Waals surface area contributed by atoms with Gasteiger partial charge in [-0.2, -0.15) is 10.4 Å². The Bertz CT molecular complexity index is 913. The molecule has 1 saturated heterocycles. The van der Waals surface area contributed by atoms with Gasteiger partial charge in [-0.1, -0.05) is 0 Å². The van der Waals surface area contributed by atoms with Crippen LogP contribution >= 0.6 is 0 Å². The second-order valence-corrected chi connectivity index (χ2v) is 6.80. The lowest BCUT2D eigenvalue weighted by Gasteiger charge is -2.26. The van der Waals surface area contributed by atoms with Crippen molar-refractivity contribution in [1.82, 2.24) is 14.7 Å². The van der Waals surface area contributed by atoms with Crippen LogP contribution in [0.1, 0.15) is 33.2 Å². The van der Waals surface area contributed by atoms with Crippen molar-refractivity contribution in [2.24, 2.45) is 11.7 Å². The Morgan fingerprint density at radius 2 is 2.07 bits per heavy atom. The lowest BCUT2D eigenvalue weighted by atomic mass is 9.97. The number of hydrogen-bond donors (Lipinski definition) is 2. The third-order valence-electron chi connectivity index (χ3n) is 4.63. The Labute approximate surface area is 162 Å². The minimum absolute atomic E-state index is 0.103. The highest BCUT2D eigenvalue weighted by Crippen LogP contribution is 2.28. The van der Waals surface area contributed by atoms with Crippen LogP contribution in [0.3, 0.4) is 0 Å². The molecular formula is C19H22N6O3. The van der Waals surface area contributed by atoms with Crippen molar-refractivity contribution in [3.8, 4) is 6.07 Å². The Balaban J connectivity index is 1.85. The molecule has 1 aliphatic rings. The van der Waals surface area contributed by atoms with Crippen LogP contribution in [0.5, 0.6) is 0 Å². The zero-order valence-corrected chi connectivity index (χ0v) is 15.8. The quantitative estimate of drug-likeness (QED) is 0.807. The molecule has 0 unspecified atom stereocenters. The molecule has 0 spiro atoms. The van der Waals surface area contributed by atoms with Crippen LogP contribution in [-0.2, 0) is 4.74 Å². The van der Waals surface area contributed by atoms with Crippen LogP contribution in [0.15, 0.2) is 30.5 Å². The Kier molecular flexibility index (Phi) is 5.61. The van der Waals surface area contributed by atoms with Crippen LogP contribution in [0, 0.1) is 17.2 Å². The fourth-order valence-electron chi connectivity index (χ4n) is 3.06. The van der Waals surface area contributed by atoms with Gasteiger partial charge < -0.3 is 20.7 Å². The van der Waals surface area contributed by atoms with E-state index < -0.39 is 5.91 Å². The number of rotatable bonds is 5. The maximum atomic E-state index is 12.0. The Hall–Kier alpha value is -3.38. The first kappa shape index (κ1) is 19.4. The molecule has 3 rings (SSSR count). The molecule has 2 heterocycles. The summed E-state index contributed by atoms with van der Waals surface area (Å²) in [6.45, 7) is 0.876. The number of amides is 2. The standard InChI is InChI=1S/C19H22N6O3/c1-24(2)19(27)12-3-5-14(6-4-12)22-18-15(17(21)26)10-25(23-18)16-11-28-8-7-13(16)9-20/h3-6,10,13,16H,7-8,11H2,1-2H3,(H2,21,26)(H,22,23)/t13-,16+/m0/s1. The zero-order chi connectivity index (χ0) is 20.3. The van der Waals surface area contributed by atoms with E-state index in [0.717, 1.165) is 0 Å². The van der Waals surface area contributed by atoms with E-state index in [9.17, 15) is 14.9 Å². The molecule has 3 N–H and O–H groups in total. The monoisotopic (exact) mass is 382 g/mol. The summed E-state index contributed by atoms with van der Waals surface area (Å²) in [5, 5.41) is 16.9. The predicted octanol–water partition coefficient (Wildman–Crippen LogP) is 1.53. The summed E-state index contributed by atoms with van der Waals surface area (Å²) in [7, 11) is 3.37. The van der Waals surface area contributed by atoms with Gasteiger partial charge in [0, 0.05) is 38.1 Å². The highest BCUT2D eigenvalue weighted by Gasteiger charge is 2.29. The van der Waals surface area contributed by atoms with Gasteiger partial charge in [0.1, 0.15) is 5.56 Å². The number of nitrogens with zero attached hydrogens (tertiary/aromatic N) is 4. The predicted molar refractivity (Wildman–Crippen MR) is 102 cm³/mol. The summed E-state index contributed by atoms with van der Waals surface area (Å²) in [6.07, 6.45) is 2.15. The van der Waals surface area contributed by atoms with Crippen LogP contribution in [0.2, 0.25) is 0 Å². The van der Waals surface area contributed by atoms with Crippen molar-refractivity contribution >= 4 is 23.3 Å². The molecule has 2 atom stereocenters. The number of ether oxygens (including phenoxy) is 1. The Morgan fingerprint density at radius 3 is 2.68 bits per heavy atom. The van der Waals surface area contributed by atoms with E-state index in [1.54, 1.807) is 43.0 Å². The lowest BCUT2D eigenvalue weighted by molar-refractivity contribution is 0.0342. The van der Waals surface area contributed by atoms with Gasteiger partial charge in [0.05, 0.1) is 24.6 Å². The normalized spacial score (nSPS) is 18.9. The van der Waals surface area contributed by atoms with Gasteiger partial charge in [0.25, 0.3) is 11.8 Å². The van der Waals surface area contributed by atoms with Crippen molar-refractivity contribution in [3.63, 3.8) is 0 Å². The average Bonchev–Trinajstić information content (AvgIpc) is 3.11. The minimum Gasteiger partial charge on any atom is -0.379 e. The number of nitrogens with two attached hydrogens (primary N) is 1. The number of primary amides is 1. The molecule has 146 valence electrons. The van der Waals surface area contributed by atoms with E-state index in [-0.39, 0.29) is 23.4 Å². The molecule has 0 saturated carbocycles. The molecule has 1 aromatic carbocycles. The largest absolute Gasteiger partial charge is 0.379 e. The van der Waals surface area contributed by atoms with Crippen LogP contribution in [-0.4, -0.2) is 53.8 Å². The first-order valence-electron chi connectivity index (χ1n) is 8.85. The summed E-state index contributed by atoms with van der Waals surface area (Å²) < 4.78 is 7.04. The van der Waals surface area contributed by atoms with E-state index in [0.29, 0.717) is 36.7 Å². The van der Waals surface area contributed by atoms with Crippen LogP contribution in [0.25, 0.3) is 0 Å². The van der Waals surface area contributed by atoms with Crippen molar-refractivity contribution in [2.45, 2.75) is 12.5 Å². The third-order valence-corrected chi connectivity index (χ3v) is 4.63. The molecule has 9 nitrogen and oxygen atoms in total. The molecular weight excluding hydrogens is 360 g/mol. The highest BCUT2D eigenvalue weighted by molar-refractivity contribution is 5.98. The van der Waals surface area contributed by atoms with Crippen molar-refractivity contribution in [1.29, 1.82) is 5.26 Å². The number of hydrogen-bond acceptors (Lipinski definition) is 6. The maximum absolute atomic E-state index is 12.0. The van der Waals surface area contributed by atoms with Crippen molar-refractivity contribution in [3.05, 3.63) is 41.6 Å². The van der Waals surface area contributed by atoms with Gasteiger partial charge >= 0.3 is 0 Å². The number of carbonyl (C=O) groups is 2. The molecule has 9 heteroatoms. The van der Waals surface area contributed by atoms with E-state index in [1.807, 2.05) is 0 Å². The Morgan fingerprint density at radius 1 is 1.36 bits per heavy atom. The minimum atomic E-state index is -0.626. The number of benzene rings is 1. The molecule has 1 aromatic heterocycles. The molecule has 2 amide bonds. The van der Waals surface area contributed by atoms with E-state index in [4.69, 9.17) is 10.5 Å². The van der Waals surface area contributed by atoms with E-state index in [1.165, 1.54) is 11.1 Å². The fraction of sp³-hybridized carbons (Fsp3) is 0.368. The number of aromatic nitrogens is 2. The van der Waals surface area contributed by atoms with Gasteiger partial charge in [-0.25, -0.2) is 0 Å². The van der Waals surface area contributed by atoms with Crippen molar-refractivity contribution in [2.75, 3.05) is 32.6 Å². The number of nitriles is 1. The van der Waals surface area contributed by atoms with Gasteiger partial charge in [-0.05, 0) is 30.7 Å². The molecule has 1 fully saturated rings. The highest BCUT2D eigenvalue weighted by atomic mass is 16.5. The fourth-order valence-corrected chi connectivity index (χ4v) is 3.06. The molecule has 28 heavy (non-hydrogen) atoms.